The molecule has 0 atom stereocenters. The summed E-state index contributed by atoms with van der Waals surface area (Å²) in [6, 6.07) is 1.41. The normalized spacial score (nSPS) is 9.33. The van der Waals surface area contributed by atoms with Gasteiger partial charge in [0.2, 0.25) is 11.9 Å². The van der Waals surface area contributed by atoms with E-state index >= 15 is 0 Å². The zero-order valence-corrected chi connectivity index (χ0v) is 9.59. The zero-order valence-electron chi connectivity index (χ0n) is 8.01. The van der Waals surface area contributed by atoms with Gasteiger partial charge in [-0.2, -0.15) is 9.38 Å². The SMILES string of the molecule is COc1c(Br)cc(N=C=O)c(OC)c1F. The van der Waals surface area contributed by atoms with Crippen LogP contribution in [0.25, 0.3) is 0 Å². The van der Waals surface area contributed by atoms with E-state index in [1.165, 1.54) is 26.4 Å². The highest BCUT2D eigenvalue weighted by atomic mass is 79.9. The number of hydrogen-bond acceptors (Lipinski definition) is 4. The Morgan fingerprint density at radius 1 is 1.40 bits per heavy atom. The van der Waals surface area contributed by atoms with E-state index in [1.807, 2.05) is 0 Å². The molecule has 0 saturated heterocycles. The van der Waals surface area contributed by atoms with Crippen LogP contribution >= 0.6 is 15.9 Å². The predicted octanol–water partition coefficient (Wildman–Crippen LogP) is 2.57. The number of ether oxygens (including phenoxy) is 2. The zero-order chi connectivity index (χ0) is 11.4. The van der Waals surface area contributed by atoms with Gasteiger partial charge < -0.3 is 9.47 Å². The highest BCUT2D eigenvalue weighted by Crippen LogP contribution is 2.41. The number of isocyanates is 1. The molecule has 0 heterocycles. The first kappa shape index (κ1) is 11.7. The van der Waals surface area contributed by atoms with Gasteiger partial charge in [0, 0.05) is 0 Å². The van der Waals surface area contributed by atoms with Crippen molar-refractivity contribution in [3.8, 4) is 11.5 Å². The third-order valence-electron chi connectivity index (χ3n) is 1.69. The molecule has 0 saturated carbocycles. The van der Waals surface area contributed by atoms with E-state index in [4.69, 9.17) is 9.47 Å². The second-order valence-corrected chi connectivity index (χ2v) is 3.32. The topological polar surface area (TPSA) is 47.9 Å². The predicted molar refractivity (Wildman–Crippen MR) is 55.0 cm³/mol. The fraction of sp³-hybridized carbons (Fsp3) is 0.222. The minimum Gasteiger partial charge on any atom is -0.492 e. The average molecular weight is 276 g/mol. The fourth-order valence-corrected chi connectivity index (χ4v) is 1.64. The Hall–Kier alpha value is -1.39. The Bertz CT molecular complexity index is 430. The van der Waals surface area contributed by atoms with Gasteiger partial charge in [-0.1, -0.05) is 0 Å². The van der Waals surface area contributed by atoms with Crippen LogP contribution in [-0.4, -0.2) is 20.3 Å². The van der Waals surface area contributed by atoms with Crippen LogP contribution in [0.3, 0.4) is 0 Å². The largest absolute Gasteiger partial charge is 0.492 e. The lowest BCUT2D eigenvalue weighted by atomic mass is 10.2. The van der Waals surface area contributed by atoms with Crippen molar-refractivity contribution in [2.45, 2.75) is 0 Å². The summed E-state index contributed by atoms with van der Waals surface area (Å²) in [7, 11) is 2.60. The Kier molecular flexibility index (Phi) is 3.82. The Morgan fingerprint density at radius 3 is 2.47 bits per heavy atom. The molecular formula is C9H7BrFNO3. The van der Waals surface area contributed by atoms with Gasteiger partial charge in [-0.25, -0.2) is 4.79 Å². The number of rotatable bonds is 3. The lowest BCUT2D eigenvalue weighted by Crippen LogP contribution is -1.94. The molecule has 6 heteroatoms. The quantitative estimate of drug-likeness (QED) is 0.629. The van der Waals surface area contributed by atoms with Gasteiger partial charge in [0.15, 0.2) is 11.5 Å². The van der Waals surface area contributed by atoms with Gasteiger partial charge in [0.1, 0.15) is 5.69 Å². The van der Waals surface area contributed by atoms with E-state index in [-0.39, 0.29) is 17.2 Å². The van der Waals surface area contributed by atoms with Gasteiger partial charge in [0.05, 0.1) is 18.7 Å². The molecule has 0 aliphatic rings. The van der Waals surface area contributed by atoms with Crippen molar-refractivity contribution in [1.29, 1.82) is 0 Å². The molecule has 0 bridgehead atoms. The second-order valence-electron chi connectivity index (χ2n) is 2.46. The number of nitrogens with zero attached hydrogens (tertiary/aromatic N) is 1. The fourth-order valence-electron chi connectivity index (χ4n) is 1.09. The summed E-state index contributed by atoms with van der Waals surface area (Å²) in [5.74, 6) is -0.876. The van der Waals surface area contributed by atoms with E-state index in [1.54, 1.807) is 0 Å². The summed E-state index contributed by atoms with van der Waals surface area (Å²) in [6.45, 7) is 0. The average Bonchev–Trinajstić information content (AvgIpc) is 2.19. The molecule has 0 aliphatic carbocycles. The van der Waals surface area contributed by atoms with Crippen LogP contribution in [0, 0.1) is 5.82 Å². The van der Waals surface area contributed by atoms with E-state index in [2.05, 4.69) is 20.9 Å². The van der Waals surface area contributed by atoms with Crippen molar-refractivity contribution in [2.24, 2.45) is 4.99 Å². The maximum Gasteiger partial charge on any atom is 0.240 e. The van der Waals surface area contributed by atoms with Crippen molar-refractivity contribution in [1.82, 2.24) is 0 Å². The van der Waals surface area contributed by atoms with Gasteiger partial charge in [-0.15, -0.1) is 0 Å². The number of aliphatic imine (C=N–C) groups is 1. The molecule has 0 N–H and O–H groups in total. The lowest BCUT2D eigenvalue weighted by Gasteiger charge is -2.10. The third kappa shape index (κ3) is 2.16. The highest BCUT2D eigenvalue weighted by molar-refractivity contribution is 9.10. The summed E-state index contributed by atoms with van der Waals surface area (Å²) in [5.41, 5.74) is 0.0534. The molecule has 1 rings (SSSR count). The third-order valence-corrected chi connectivity index (χ3v) is 2.28. The van der Waals surface area contributed by atoms with Gasteiger partial charge in [-0.05, 0) is 22.0 Å². The van der Waals surface area contributed by atoms with E-state index in [0.29, 0.717) is 4.47 Å². The van der Waals surface area contributed by atoms with Crippen LogP contribution < -0.4 is 9.47 Å². The summed E-state index contributed by atoms with van der Waals surface area (Å²) in [5, 5.41) is 0. The van der Waals surface area contributed by atoms with Crippen molar-refractivity contribution in [3.05, 3.63) is 16.4 Å². The number of halogens is 2. The standard InChI is InChI=1S/C9H7BrFNO3/c1-14-8-5(10)3-6(12-4-13)9(15-2)7(8)11/h3H,1-2H3. The van der Waals surface area contributed by atoms with E-state index < -0.39 is 5.82 Å². The molecule has 0 spiro atoms. The first-order chi connectivity index (χ1) is 7.15. The van der Waals surface area contributed by atoms with Crippen molar-refractivity contribution in [2.75, 3.05) is 14.2 Å². The molecule has 1 aromatic rings. The monoisotopic (exact) mass is 275 g/mol. The molecule has 0 radical (unpaired) electrons. The summed E-state index contributed by atoms with van der Waals surface area (Å²) < 4.78 is 23.6. The molecule has 0 unspecified atom stereocenters. The Labute approximate surface area is 93.8 Å². The molecule has 0 aromatic heterocycles. The van der Waals surface area contributed by atoms with Crippen LogP contribution in [0.2, 0.25) is 0 Å². The van der Waals surface area contributed by atoms with Crippen LogP contribution in [0.5, 0.6) is 11.5 Å². The smallest absolute Gasteiger partial charge is 0.240 e. The minimum atomic E-state index is -0.719. The minimum absolute atomic E-state index is 0.00306. The summed E-state index contributed by atoms with van der Waals surface area (Å²) >= 11 is 3.08. The van der Waals surface area contributed by atoms with Crippen LogP contribution in [0.15, 0.2) is 15.5 Å². The first-order valence-electron chi connectivity index (χ1n) is 3.83. The molecule has 80 valence electrons. The molecule has 0 amide bonds. The second kappa shape index (κ2) is 4.91. The van der Waals surface area contributed by atoms with E-state index in [0.717, 1.165) is 0 Å². The van der Waals surface area contributed by atoms with Crippen molar-refractivity contribution < 1.29 is 18.7 Å². The lowest BCUT2D eigenvalue weighted by molar-refractivity contribution is 0.349. The van der Waals surface area contributed by atoms with Crippen LogP contribution in [0.1, 0.15) is 0 Å². The van der Waals surface area contributed by atoms with Crippen LogP contribution in [0.4, 0.5) is 10.1 Å². The van der Waals surface area contributed by atoms with Crippen molar-refractivity contribution in [3.63, 3.8) is 0 Å². The highest BCUT2D eigenvalue weighted by Gasteiger charge is 2.18. The van der Waals surface area contributed by atoms with Gasteiger partial charge in [0.25, 0.3) is 0 Å². The summed E-state index contributed by atoms with van der Waals surface area (Å²) in [4.78, 5) is 13.4. The van der Waals surface area contributed by atoms with Crippen molar-refractivity contribution >= 4 is 27.7 Å². The Morgan fingerprint density at radius 2 is 2.00 bits per heavy atom. The maximum atomic E-state index is 13.6. The number of carbonyl (C=O) groups excluding carboxylic acids is 1. The Balaban J connectivity index is 3.50. The molecule has 4 nitrogen and oxygen atoms in total. The van der Waals surface area contributed by atoms with Gasteiger partial charge >= 0.3 is 0 Å². The van der Waals surface area contributed by atoms with E-state index in [9.17, 15) is 9.18 Å². The summed E-state index contributed by atoms with van der Waals surface area (Å²) in [6.07, 6.45) is 1.32. The molecule has 15 heavy (non-hydrogen) atoms. The number of methoxy groups -OCH3 is 2. The van der Waals surface area contributed by atoms with Crippen LogP contribution in [-0.2, 0) is 4.79 Å². The molecule has 0 fully saturated rings. The number of benzene rings is 1. The first-order valence-corrected chi connectivity index (χ1v) is 4.62. The molecular weight excluding hydrogens is 269 g/mol. The number of hydrogen-bond donors (Lipinski definition) is 0. The maximum absolute atomic E-state index is 13.6. The molecule has 1 aromatic carbocycles. The van der Waals surface area contributed by atoms with Gasteiger partial charge in [-0.3, -0.25) is 0 Å². The molecule has 0 aliphatic heterocycles.